The van der Waals surface area contributed by atoms with Crippen molar-refractivity contribution in [1.29, 1.82) is 0 Å². The molecule has 0 N–H and O–H groups in total. The van der Waals surface area contributed by atoms with Crippen LogP contribution in [0.3, 0.4) is 0 Å². The molecule has 0 bridgehead atoms. The molecule has 1 aliphatic rings. The molecule has 3 nitrogen and oxygen atoms in total. The van der Waals surface area contributed by atoms with Crippen molar-refractivity contribution in [2.45, 2.75) is 18.6 Å². The Hall–Kier alpha value is 0.216. The fraction of sp³-hybridized carbons (Fsp3) is 0.417. The maximum absolute atomic E-state index is 13.7. The number of carboxylic acid groups (broad SMARTS) is 1. The predicted molar refractivity (Wildman–Crippen MR) is 55.2 cm³/mol. The van der Waals surface area contributed by atoms with Crippen molar-refractivity contribution in [2.24, 2.45) is 0 Å². The Labute approximate surface area is 142 Å². The summed E-state index contributed by atoms with van der Waals surface area (Å²) >= 11 is 0. The second kappa shape index (κ2) is 6.40. The minimum Gasteiger partial charge on any atom is -0.547 e. The number of alkyl halides is 1. The van der Waals surface area contributed by atoms with E-state index in [9.17, 15) is 14.3 Å². The van der Waals surface area contributed by atoms with Gasteiger partial charge in [-0.25, -0.2) is 4.39 Å². The normalized spacial score (nSPS) is 24.3. The summed E-state index contributed by atoms with van der Waals surface area (Å²) in [5.74, 6) is -1.59. The van der Waals surface area contributed by atoms with Gasteiger partial charge in [0.1, 0.15) is 0 Å². The number of carbonyl (C=O) groups is 1. The van der Waals surface area contributed by atoms with Crippen molar-refractivity contribution in [2.75, 3.05) is 13.1 Å². The van der Waals surface area contributed by atoms with Crippen molar-refractivity contribution in [3.63, 3.8) is 0 Å². The largest absolute Gasteiger partial charge is 1.00 e. The van der Waals surface area contributed by atoms with E-state index in [0.29, 0.717) is 13.1 Å². The Morgan fingerprint density at radius 1 is 1.41 bits per heavy atom. The summed E-state index contributed by atoms with van der Waals surface area (Å²) in [5.41, 5.74) is -1.11. The molecule has 1 unspecified atom stereocenters. The van der Waals surface area contributed by atoms with Crippen LogP contribution < -0.4 is 56.5 Å². The zero-order valence-corrected chi connectivity index (χ0v) is 13.0. The molecule has 0 aliphatic carbocycles. The first kappa shape index (κ1) is 15.3. The summed E-state index contributed by atoms with van der Waals surface area (Å²) in [6, 6.07) is 9.61. The van der Waals surface area contributed by atoms with E-state index in [4.69, 9.17) is 0 Å². The third-order valence-electron chi connectivity index (χ3n) is 2.91. The molecule has 1 aromatic rings. The predicted octanol–water partition coefficient (Wildman–Crippen LogP) is -2.65. The van der Waals surface area contributed by atoms with Gasteiger partial charge < -0.3 is 9.90 Å². The van der Waals surface area contributed by atoms with Crippen molar-refractivity contribution in [3.8, 4) is 0 Å². The van der Waals surface area contributed by atoms with Crippen molar-refractivity contribution < 1.29 is 65.7 Å². The SMILES string of the molecule is O=C([O-])C1(F)CCN(Cc2ccccc2)C1.[K+]. The summed E-state index contributed by atoms with van der Waals surface area (Å²) in [4.78, 5) is 12.4. The van der Waals surface area contributed by atoms with Crippen LogP contribution in [0.2, 0.25) is 0 Å². The molecule has 5 heteroatoms. The number of halogens is 1. The zero-order valence-electron chi connectivity index (χ0n) is 9.86. The van der Waals surface area contributed by atoms with Gasteiger partial charge in [-0.2, -0.15) is 0 Å². The molecule has 0 radical (unpaired) electrons. The fourth-order valence-electron chi connectivity index (χ4n) is 1.99. The van der Waals surface area contributed by atoms with Crippen LogP contribution in [0.25, 0.3) is 0 Å². The first-order valence-electron chi connectivity index (χ1n) is 5.27. The van der Waals surface area contributed by atoms with E-state index in [1.54, 1.807) is 4.90 Å². The van der Waals surface area contributed by atoms with Gasteiger partial charge in [-0.1, -0.05) is 30.3 Å². The number of likely N-dealkylation sites (tertiary alicyclic amines) is 1. The second-order valence-corrected chi connectivity index (χ2v) is 4.20. The van der Waals surface area contributed by atoms with Gasteiger partial charge in [0.15, 0.2) is 5.67 Å². The Balaban J connectivity index is 0.00000144. The number of nitrogens with zero attached hydrogens (tertiary/aromatic N) is 1. The fourth-order valence-corrected chi connectivity index (χ4v) is 1.99. The van der Waals surface area contributed by atoms with E-state index in [1.807, 2.05) is 30.3 Å². The molecule has 1 fully saturated rings. The molecule has 1 heterocycles. The van der Waals surface area contributed by atoms with E-state index >= 15 is 0 Å². The van der Waals surface area contributed by atoms with Crippen LogP contribution in [-0.2, 0) is 11.3 Å². The minimum absolute atomic E-state index is 0. The van der Waals surface area contributed by atoms with Gasteiger partial charge in [-0.15, -0.1) is 0 Å². The third-order valence-corrected chi connectivity index (χ3v) is 2.91. The smallest absolute Gasteiger partial charge is 0.547 e. The molecular formula is C12H13FKNO2. The average Bonchev–Trinajstić information content (AvgIpc) is 2.63. The number of carboxylic acids is 1. The van der Waals surface area contributed by atoms with Crippen LogP contribution in [-0.4, -0.2) is 29.6 Å². The number of benzene rings is 1. The van der Waals surface area contributed by atoms with E-state index in [0.717, 1.165) is 5.56 Å². The first-order chi connectivity index (χ1) is 7.60. The van der Waals surface area contributed by atoms with Crippen LogP contribution >= 0.6 is 0 Å². The molecule has 2 rings (SSSR count). The second-order valence-electron chi connectivity index (χ2n) is 4.20. The summed E-state index contributed by atoms with van der Waals surface area (Å²) in [6.07, 6.45) is 0.0160. The summed E-state index contributed by atoms with van der Waals surface area (Å²) in [6.45, 7) is 0.962. The Morgan fingerprint density at radius 3 is 2.59 bits per heavy atom. The summed E-state index contributed by atoms with van der Waals surface area (Å²) < 4.78 is 13.7. The Morgan fingerprint density at radius 2 is 2.06 bits per heavy atom. The van der Waals surface area contributed by atoms with Gasteiger partial charge in [-0.3, -0.25) is 4.90 Å². The van der Waals surface area contributed by atoms with E-state index in [-0.39, 0.29) is 64.4 Å². The van der Waals surface area contributed by atoms with E-state index in [1.165, 1.54) is 0 Å². The van der Waals surface area contributed by atoms with Crippen LogP contribution in [0.5, 0.6) is 0 Å². The maximum atomic E-state index is 13.7. The molecule has 0 saturated carbocycles. The first-order valence-corrected chi connectivity index (χ1v) is 5.27. The van der Waals surface area contributed by atoms with E-state index < -0.39 is 11.6 Å². The Kier molecular flexibility index (Phi) is 5.75. The molecule has 17 heavy (non-hydrogen) atoms. The molecule has 0 amide bonds. The van der Waals surface area contributed by atoms with Crippen LogP contribution in [0.4, 0.5) is 4.39 Å². The standard InChI is InChI=1S/C12H14FNO2.K/c13-12(11(15)16)6-7-14(9-12)8-10-4-2-1-3-5-10;/h1-5H,6-9H2,(H,15,16);/q;+1/p-1. The third kappa shape index (κ3) is 3.84. The molecule has 1 aromatic carbocycles. The molecule has 0 spiro atoms. The quantitative estimate of drug-likeness (QED) is 0.559. The number of rotatable bonds is 3. The number of hydrogen-bond acceptors (Lipinski definition) is 3. The molecule has 0 aromatic heterocycles. The van der Waals surface area contributed by atoms with Gasteiger partial charge >= 0.3 is 51.4 Å². The van der Waals surface area contributed by atoms with Crippen molar-refractivity contribution >= 4 is 5.97 Å². The molecule has 1 saturated heterocycles. The monoisotopic (exact) mass is 261 g/mol. The summed E-state index contributed by atoms with van der Waals surface area (Å²) in [5, 5.41) is 10.6. The molecule has 86 valence electrons. The maximum Gasteiger partial charge on any atom is 1.00 e. The van der Waals surface area contributed by atoms with Gasteiger partial charge in [0.2, 0.25) is 0 Å². The average molecular weight is 261 g/mol. The van der Waals surface area contributed by atoms with E-state index in [2.05, 4.69) is 0 Å². The topological polar surface area (TPSA) is 43.4 Å². The molecule has 1 atom stereocenters. The number of hydrogen-bond donors (Lipinski definition) is 0. The zero-order chi connectivity index (χ0) is 11.6. The number of aliphatic carboxylic acids is 1. The molecular weight excluding hydrogens is 248 g/mol. The minimum atomic E-state index is -2.17. The summed E-state index contributed by atoms with van der Waals surface area (Å²) in [7, 11) is 0. The van der Waals surface area contributed by atoms with Gasteiger partial charge in [0.25, 0.3) is 0 Å². The van der Waals surface area contributed by atoms with Crippen LogP contribution in [0.15, 0.2) is 30.3 Å². The van der Waals surface area contributed by atoms with Crippen molar-refractivity contribution in [1.82, 2.24) is 4.90 Å². The van der Waals surface area contributed by atoms with Gasteiger partial charge in [0.05, 0.1) is 5.97 Å². The number of carbonyl (C=O) groups excluding carboxylic acids is 1. The van der Waals surface area contributed by atoms with Crippen LogP contribution in [0.1, 0.15) is 12.0 Å². The Bertz CT molecular complexity index is 387. The van der Waals surface area contributed by atoms with Crippen molar-refractivity contribution in [3.05, 3.63) is 35.9 Å². The van der Waals surface area contributed by atoms with Gasteiger partial charge in [0, 0.05) is 26.1 Å². The van der Waals surface area contributed by atoms with Crippen LogP contribution in [0, 0.1) is 0 Å². The molecule has 1 aliphatic heterocycles. The van der Waals surface area contributed by atoms with Gasteiger partial charge in [-0.05, 0) is 5.56 Å².